The summed E-state index contributed by atoms with van der Waals surface area (Å²) in [4.78, 5) is 13.4. The highest BCUT2D eigenvalue weighted by Gasteiger charge is 2.23. The zero-order valence-electron chi connectivity index (χ0n) is 10.7. The second kappa shape index (κ2) is 5.14. The van der Waals surface area contributed by atoms with Crippen molar-refractivity contribution in [1.29, 1.82) is 0 Å². The number of para-hydroxylation sites is 1. The van der Waals surface area contributed by atoms with Gasteiger partial charge in [-0.2, -0.15) is 0 Å². The van der Waals surface area contributed by atoms with E-state index >= 15 is 0 Å². The minimum Gasteiger partial charge on any atom is -0.459 e. The Bertz CT molecular complexity index is 529. The average molecular weight is 310 g/mol. The van der Waals surface area contributed by atoms with E-state index in [9.17, 15) is 4.79 Å². The van der Waals surface area contributed by atoms with Gasteiger partial charge in [0.05, 0.1) is 10.9 Å². The van der Waals surface area contributed by atoms with Gasteiger partial charge in [-0.05, 0) is 26.0 Å². The summed E-state index contributed by atoms with van der Waals surface area (Å²) in [5.41, 5.74) is 0.854. The molecule has 18 heavy (non-hydrogen) atoms. The van der Waals surface area contributed by atoms with Crippen molar-refractivity contribution in [2.75, 3.05) is 7.05 Å². The maximum absolute atomic E-state index is 11.9. The standard InChI is InChI=1S/C14H16BrNO2/c1-9(15)14(17)16(3)10(2)13-8-11-6-4-5-7-12(11)18-13/h4-10H,1-3H3. The number of carbonyl (C=O) groups is 1. The van der Waals surface area contributed by atoms with E-state index in [4.69, 9.17) is 4.42 Å². The Morgan fingerprint density at radius 2 is 2.00 bits per heavy atom. The largest absolute Gasteiger partial charge is 0.459 e. The molecule has 0 N–H and O–H groups in total. The molecular formula is C14H16BrNO2. The van der Waals surface area contributed by atoms with Crippen molar-refractivity contribution in [3.05, 3.63) is 36.1 Å². The molecular weight excluding hydrogens is 294 g/mol. The predicted molar refractivity (Wildman–Crippen MR) is 75.8 cm³/mol. The normalized spacial score (nSPS) is 14.4. The van der Waals surface area contributed by atoms with E-state index in [1.807, 2.05) is 44.2 Å². The van der Waals surface area contributed by atoms with Crippen LogP contribution in [0.5, 0.6) is 0 Å². The van der Waals surface area contributed by atoms with Gasteiger partial charge in [-0.25, -0.2) is 0 Å². The van der Waals surface area contributed by atoms with Crippen LogP contribution in [-0.4, -0.2) is 22.7 Å². The molecule has 0 aliphatic carbocycles. The lowest BCUT2D eigenvalue weighted by molar-refractivity contribution is -0.131. The summed E-state index contributed by atoms with van der Waals surface area (Å²) in [7, 11) is 1.79. The first-order valence-corrected chi connectivity index (χ1v) is 6.81. The van der Waals surface area contributed by atoms with Crippen molar-refractivity contribution >= 4 is 32.8 Å². The Kier molecular flexibility index (Phi) is 3.76. The van der Waals surface area contributed by atoms with Crippen LogP contribution in [0.15, 0.2) is 34.7 Å². The highest BCUT2D eigenvalue weighted by atomic mass is 79.9. The van der Waals surface area contributed by atoms with Gasteiger partial charge in [0.25, 0.3) is 0 Å². The predicted octanol–water partition coefficient (Wildman–Crippen LogP) is 3.74. The van der Waals surface area contributed by atoms with Crippen LogP contribution in [0.4, 0.5) is 0 Å². The fourth-order valence-electron chi connectivity index (χ4n) is 1.87. The second-order valence-corrected chi connectivity index (χ2v) is 5.80. The zero-order chi connectivity index (χ0) is 13.3. The van der Waals surface area contributed by atoms with Crippen molar-refractivity contribution in [1.82, 2.24) is 4.90 Å². The van der Waals surface area contributed by atoms with Gasteiger partial charge in [-0.3, -0.25) is 4.79 Å². The van der Waals surface area contributed by atoms with Crippen LogP contribution in [0.3, 0.4) is 0 Å². The van der Waals surface area contributed by atoms with Crippen molar-refractivity contribution < 1.29 is 9.21 Å². The van der Waals surface area contributed by atoms with Gasteiger partial charge in [0, 0.05) is 12.4 Å². The lowest BCUT2D eigenvalue weighted by Gasteiger charge is -2.24. The topological polar surface area (TPSA) is 33.5 Å². The summed E-state index contributed by atoms with van der Waals surface area (Å²) in [5, 5.41) is 1.06. The molecule has 1 aromatic heterocycles. The number of benzene rings is 1. The molecule has 0 saturated carbocycles. The Balaban J connectivity index is 2.27. The van der Waals surface area contributed by atoms with Crippen LogP contribution in [0, 0.1) is 0 Å². The molecule has 4 heteroatoms. The second-order valence-electron chi connectivity index (χ2n) is 4.43. The zero-order valence-corrected chi connectivity index (χ0v) is 12.3. The molecule has 1 amide bonds. The van der Waals surface area contributed by atoms with Crippen LogP contribution in [0.1, 0.15) is 25.6 Å². The molecule has 2 rings (SSSR count). The van der Waals surface area contributed by atoms with Gasteiger partial charge in [-0.1, -0.05) is 34.1 Å². The molecule has 0 spiro atoms. The van der Waals surface area contributed by atoms with Gasteiger partial charge in [0.2, 0.25) is 5.91 Å². The van der Waals surface area contributed by atoms with Crippen molar-refractivity contribution in [3.8, 4) is 0 Å². The maximum atomic E-state index is 11.9. The maximum Gasteiger partial charge on any atom is 0.236 e. The number of alkyl halides is 1. The summed E-state index contributed by atoms with van der Waals surface area (Å²) in [5.74, 6) is 0.850. The minimum atomic E-state index is -0.186. The van der Waals surface area contributed by atoms with Gasteiger partial charge in [0.15, 0.2) is 0 Å². The number of hydrogen-bond acceptors (Lipinski definition) is 2. The molecule has 0 saturated heterocycles. The smallest absolute Gasteiger partial charge is 0.236 e. The fourth-order valence-corrected chi connectivity index (χ4v) is 2.19. The third kappa shape index (κ3) is 2.43. The third-order valence-corrected chi connectivity index (χ3v) is 3.52. The van der Waals surface area contributed by atoms with E-state index in [0.29, 0.717) is 0 Å². The highest BCUT2D eigenvalue weighted by Crippen LogP contribution is 2.27. The van der Waals surface area contributed by atoms with Crippen LogP contribution in [0.2, 0.25) is 0 Å². The molecule has 2 atom stereocenters. The number of furan rings is 1. The third-order valence-electron chi connectivity index (χ3n) is 3.13. The van der Waals surface area contributed by atoms with Gasteiger partial charge >= 0.3 is 0 Å². The van der Waals surface area contributed by atoms with Crippen LogP contribution in [0.25, 0.3) is 11.0 Å². The Morgan fingerprint density at radius 1 is 1.33 bits per heavy atom. The van der Waals surface area contributed by atoms with Gasteiger partial charge < -0.3 is 9.32 Å². The lowest BCUT2D eigenvalue weighted by Crippen LogP contribution is -2.33. The summed E-state index contributed by atoms with van der Waals surface area (Å²) >= 11 is 3.29. The first kappa shape index (κ1) is 13.1. The molecule has 96 valence electrons. The first-order valence-electron chi connectivity index (χ1n) is 5.90. The number of amides is 1. The van der Waals surface area contributed by atoms with Crippen LogP contribution >= 0.6 is 15.9 Å². The van der Waals surface area contributed by atoms with Crippen molar-refractivity contribution in [3.63, 3.8) is 0 Å². The Labute approximate surface area is 115 Å². The number of rotatable bonds is 3. The number of hydrogen-bond donors (Lipinski definition) is 0. The van der Waals surface area contributed by atoms with E-state index < -0.39 is 0 Å². The molecule has 0 fully saturated rings. The SMILES string of the molecule is CC(Br)C(=O)N(C)C(C)c1cc2ccccc2o1. The lowest BCUT2D eigenvalue weighted by atomic mass is 10.2. The molecule has 3 nitrogen and oxygen atoms in total. The van der Waals surface area contributed by atoms with Crippen molar-refractivity contribution in [2.45, 2.75) is 24.7 Å². The minimum absolute atomic E-state index is 0.0444. The molecule has 0 aliphatic rings. The number of halogens is 1. The van der Waals surface area contributed by atoms with Gasteiger partial charge in [-0.15, -0.1) is 0 Å². The number of carbonyl (C=O) groups excluding carboxylic acids is 1. The van der Waals surface area contributed by atoms with Crippen LogP contribution < -0.4 is 0 Å². The molecule has 1 heterocycles. The highest BCUT2D eigenvalue weighted by molar-refractivity contribution is 9.10. The summed E-state index contributed by atoms with van der Waals surface area (Å²) in [6.45, 7) is 3.79. The molecule has 0 aliphatic heterocycles. The summed E-state index contributed by atoms with van der Waals surface area (Å²) < 4.78 is 5.77. The van der Waals surface area contributed by atoms with E-state index in [0.717, 1.165) is 16.7 Å². The summed E-state index contributed by atoms with van der Waals surface area (Å²) in [6.07, 6.45) is 0. The molecule has 2 unspecified atom stereocenters. The van der Waals surface area contributed by atoms with E-state index in [1.165, 1.54) is 0 Å². The fraction of sp³-hybridized carbons (Fsp3) is 0.357. The van der Waals surface area contributed by atoms with Crippen molar-refractivity contribution in [2.24, 2.45) is 0 Å². The average Bonchev–Trinajstić information content (AvgIpc) is 2.79. The first-order chi connectivity index (χ1) is 8.50. The van der Waals surface area contributed by atoms with E-state index in [2.05, 4.69) is 15.9 Å². The number of nitrogens with zero attached hydrogens (tertiary/aromatic N) is 1. The number of fused-ring (bicyclic) bond motifs is 1. The summed E-state index contributed by atoms with van der Waals surface area (Å²) in [6, 6.07) is 9.76. The molecule has 0 radical (unpaired) electrons. The molecule has 1 aromatic carbocycles. The van der Waals surface area contributed by atoms with E-state index in [1.54, 1.807) is 11.9 Å². The molecule has 0 bridgehead atoms. The van der Waals surface area contributed by atoms with E-state index in [-0.39, 0.29) is 16.8 Å². The Morgan fingerprint density at radius 3 is 2.61 bits per heavy atom. The van der Waals surface area contributed by atoms with Gasteiger partial charge in [0.1, 0.15) is 11.3 Å². The monoisotopic (exact) mass is 309 g/mol. The molecule has 2 aromatic rings. The Hall–Kier alpha value is -1.29. The quantitative estimate of drug-likeness (QED) is 0.809. The van der Waals surface area contributed by atoms with Crippen LogP contribution in [-0.2, 0) is 4.79 Å².